The number of hydrogen-bond donors (Lipinski definition) is 0. The van der Waals surface area contributed by atoms with Crippen LogP contribution in [0.15, 0.2) is 10.9 Å². The van der Waals surface area contributed by atoms with Crippen LogP contribution in [-0.2, 0) is 17.3 Å². The third-order valence-corrected chi connectivity index (χ3v) is 3.29. The zero-order chi connectivity index (χ0) is 13.1. The summed E-state index contributed by atoms with van der Waals surface area (Å²) < 4.78 is 1.61. The van der Waals surface area contributed by atoms with Crippen LogP contribution in [0.1, 0.15) is 51.8 Å². The fraction of sp³-hybridized carbons (Fsp3) is 0.692. The number of aromatic nitrogens is 2. The molecule has 1 aromatic rings. The molecule has 0 saturated heterocycles. The Labute approximate surface area is 111 Å². The molecule has 1 rings (SSSR count). The lowest BCUT2D eigenvalue weighted by Gasteiger charge is -2.19. The molecule has 3 nitrogen and oxygen atoms in total. The van der Waals surface area contributed by atoms with E-state index in [0.717, 1.165) is 24.1 Å². The average Bonchev–Trinajstić information content (AvgIpc) is 2.26. The summed E-state index contributed by atoms with van der Waals surface area (Å²) in [5.74, 6) is 0. The molecule has 0 atom stereocenters. The monoisotopic (exact) mass is 300 g/mol. The molecule has 17 heavy (non-hydrogen) atoms. The Balaban J connectivity index is 3.24. The SMILES string of the molecule is CCCCn1nc(C(C)(C)C)cc(CBr)c1=O. The van der Waals surface area contributed by atoms with Gasteiger partial charge in [0.1, 0.15) is 0 Å². The molecule has 0 fully saturated rings. The number of alkyl halides is 1. The molecule has 4 heteroatoms. The standard InChI is InChI=1S/C13H21BrN2O/c1-5-6-7-16-12(17)10(9-14)8-11(15-16)13(2,3)4/h8H,5-7,9H2,1-4H3. The van der Waals surface area contributed by atoms with Crippen LogP contribution in [-0.4, -0.2) is 9.78 Å². The minimum atomic E-state index is -0.0292. The van der Waals surface area contributed by atoms with Crippen molar-refractivity contribution in [1.29, 1.82) is 0 Å². The van der Waals surface area contributed by atoms with Gasteiger partial charge in [-0.25, -0.2) is 4.68 Å². The molecule has 0 spiro atoms. The topological polar surface area (TPSA) is 34.9 Å². The van der Waals surface area contributed by atoms with Crippen molar-refractivity contribution >= 4 is 15.9 Å². The van der Waals surface area contributed by atoms with Gasteiger partial charge in [-0.2, -0.15) is 5.10 Å². The highest BCUT2D eigenvalue weighted by Gasteiger charge is 2.18. The van der Waals surface area contributed by atoms with Crippen LogP contribution >= 0.6 is 15.9 Å². The Morgan fingerprint density at radius 1 is 1.41 bits per heavy atom. The number of halogens is 1. The number of aryl methyl sites for hydroxylation is 1. The van der Waals surface area contributed by atoms with Crippen LogP contribution in [0.25, 0.3) is 0 Å². The van der Waals surface area contributed by atoms with Gasteiger partial charge in [0.2, 0.25) is 0 Å². The molecule has 0 unspecified atom stereocenters. The second-order valence-corrected chi connectivity index (χ2v) is 5.88. The van der Waals surface area contributed by atoms with Gasteiger partial charge < -0.3 is 0 Å². The maximum absolute atomic E-state index is 12.1. The summed E-state index contributed by atoms with van der Waals surface area (Å²) in [7, 11) is 0. The lowest BCUT2D eigenvalue weighted by molar-refractivity contribution is 0.484. The Morgan fingerprint density at radius 3 is 2.53 bits per heavy atom. The van der Waals surface area contributed by atoms with Crippen molar-refractivity contribution in [3.63, 3.8) is 0 Å². The molecule has 1 aromatic heterocycles. The molecule has 0 amide bonds. The van der Waals surface area contributed by atoms with Gasteiger partial charge in [0.25, 0.3) is 5.56 Å². The van der Waals surface area contributed by atoms with Crippen LogP contribution < -0.4 is 5.56 Å². The van der Waals surface area contributed by atoms with E-state index >= 15 is 0 Å². The van der Waals surface area contributed by atoms with E-state index in [1.165, 1.54) is 0 Å². The van der Waals surface area contributed by atoms with Crippen molar-refractivity contribution in [3.8, 4) is 0 Å². The van der Waals surface area contributed by atoms with Gasteiger partial charge in [-0.1, -0.05) is 50.0 Å². The van der Waals surface area contributed by atoms with E-state index in [0.29, 0.717) is 11.9 Å². The Morgan fingerprint density at radius 2 is 2.06 bits per heavy atom. The quantitative estimate of drug-likeness (QED) is 0.800. The first-order valence-electron chi connectivity index (χ1n) is 6.07. The molecular formula is C13H21BrN2O. The van der Waals surface area contributed by atoms with E-state index in [2.05, 4.69) is 48.7 Å². The maximum Gasteiger partial charge on any atom is 0.270 e. The van der Waals surface area contributed by atoms with E-state index in [1.54, 1.807) is 4.68 Å². The van der Waals surface area contributed by atoms with Crippen molar-refractivity contribution in [2.45, 2.75) is 57.8 Å². The molecule has 96 valence electrons. The summed E-state index contributed by atoms with van der Waals surface area (Å²) in [6, 6.07) is 1.92. The van der Waals surface area contributed by atoms with Crippen LogP contribution in [0.3, 0.4) is 0 Å². The summed E-state index contributed by atoms with van der Waals surface area (Å²) in [5, 5.41) is 5.06. The van der Waals surface area contributed by atoms with Crippen molar-refractivity contribution in [2.75, 3.05) is 0 Å². The Bertz CT molecular complexity index is 432. The summed E-state index contributed by atoms with van der Waals surface area (Å²) >= 11 is 3.37. The number of unbranched alkanes of at least 4 members (excludes halogenated alkanes) is 1. The molecule has 0 radical (unpaired) electrons. The smallest absolute Gasteiger partial charge is 0.267 e. The van der Waals surface area contributed by atoms with Crippen LogP contribution in [0.5, 0.6) is 0 Å². The summed E-state index contributed by atoms with van der Waals surface area (Å²) in [4.78, 5) is 12.1. The molecular weight excluding hydrogens is 280 g/mol. The second-order valence-electron chi connectivity index (χ2n) is 5.32. The Kier molecular flexibility index (Phi) is 4.92. The minimum absolute atomic E-state index is 0.0292. The lowest BCUT2D eigenvalue weighted by atomic mass is 9.91. The van der Waals surface area contributed by atoms with Gasteiger partial charge in [0, 0.05) is 22.9 Å². The first-order valence-corrected chi connectivity index (χ1v) is 7.19. The normalized spacial score (nSPS) is 11.8. The number of nitrogens with zero attached hydrogens (tertiary/aromatic N) is 2. The Hall–Kier alpha value is -0.640. The molecule has 1 heterocycles. The van der Waals surface area contributed by atoms with Gasteiger partial charge in [0.05, 0.1) is 5.69 Å². The maximum atomic E-state index is 12.1. The number of rotatable bonds is 4. The van der Waals surface area contributed by atoms with Crippen molar-refractivity contribution in [3.05, 3.63) is 27.7 Å². The molecule has 0 aliphatic rings. The molecule has 0 aromatic carbocycles. The van der Waals surface area contributed by atoms with E-state index in [1.807, 2.05) is 6.07 Å². The highest BCUT2D eigenvalue weighted by Crippen LogP contribution is 2.20. The summed E-state index contributed by atoms with van der Waals surface area (Å²) in [6.45, 7) is 9.16. The third-order valence-electron chi connectivity index (χ3n) is 2.68. The van der Waals surface area contributed by atoms with Crippen molar-refractivity contribution in [2.24, 2.45) is 0 Å². The zero-order valence-corrected chi connectivity index (χ0v) is 12.7. The summed E-state index contributed by atoms with van der Waals surface area (Å²) in [6.07, 6.45) is 2.06. The molecule has 0 N–H and O–H groups in total. The summed E-state index contributed by atoms with van der Waals surface area (Å²) in [5.41, 5.74) is 1.77. The van der Waals surface area contributed by atoms with Gasteiger partial charge in [-0.05, 0) is 12.5 Å². The lowest BCUT2D eigenvalue weighted by Crippen LogP contribution is -2.30. The van der Waals surface area contributed by atoms with E-state index in [-0.39, 0.29) is 11.0 Å². The van der Waals surface area contributed by atoms with Crippen molar-refractivity contribution < 1.29 is 0 Å². The highest BCUT2D eigenvalue weighted by molar-refractivity contribution is 9.08. The number of hydrogen-bond acceptors (Lipinski definition) is 2. The van der Waals surface area contributed by atoms with E-state index in [9.17, 15) is 4.79 Å². The van der Waals surface area contributed by atoms with Crippen molar-refractivity contribution in [1.82, 2.24) is 9.78 Å². The van der Waals surface area contributed by atoms with Crippen LogP contribution in [0.4, 0.5) is 0 Å². The van der Waals surface area contributed by atoms with Gasteiger partial charge in [-0.15, -0.1) is 0 Å². The van der Waals surface area contributed by atoms with Crippen LogP contribution in [0.2, 0.25) is 0 Å². The zero-order valence-electron chi connectivity index (χ0n) is 11.1. The van der Waals surface area contributed by atoms with Gasteiger partial charge in [-0.3, -0.25) is 4.79 Å². The van der Waals surface area contributed by atoms with E-state index < -0.39 is 0 Å². The molecule has 0 aliphatic carbocycles. The third kappa shape index (κ3) is 3.66. The van der Waals surface area contributed by atoms with E-state index in [4.69, 9.17) is 0 Å². The fourth-order valence-electron chi connectivity index (χ4n) is 1.52. The molecule has 0 bridgehead atoms. The van der Waals surface area contributed by atoms with Crippen LogP contribution in [0, 0.1) is 0 Å². The first-order chi connectivity index (χ1) is 7.90. The molecule has 0 aliphatic heterocycles. The highest BCUT2D eigenvalue weighted by atomic mass is 79.9. The predicted molar refractivity (Wildman–Crippen MR) is 74.7 cm³/mol. The van der Waals surface area contributed by atoms with Gasteiger partial charge >= 0.3 is 0 Å². The van der Waals surface area contributed by atoms with Gasteiger partial charge in [0.15, 0.2) is 0 Å². The first kappa shape index (κ1) is 14.4. The minimum Gasteiger partial charge on any atom is -0.267 e. The predicted octanol–water partition coefficient (Wildman–Crippen LogP) is 3.24. The average molecular weight is 301 g/mol. The largest absolute Gasteiger partial charge is 0.270 e. The fourth-order valence-corrected chi connectivity index (χ4v) is 1.92. The second kappa shape index (κ2) is 5.80. The molecule has 0 saturated carbocycles.